The minimum Gasteiger partial charge on any atom is -0.393 e. The molecule has 1 aliphatic heterocycles. The molecule has 5 rings (SSSR count). The van der Waals surface area contributed by atoms with Crippen molar-refractivity contribution in [3.8, 4) is 0 Å². The average Bonchev–Trinajstić information content (AvgIpc) is 3.21. The van der Waals surface area contributed by atoms with Gasteiger partial charge in [-0.25, -0.2) is 4.39 Å². The second-order valence-electron chi connectivity index (χ2n) is 11.2. The molecule has 0 aromatic heterocycles. The Bertz CT molecular complexity index is 857. The zero-order valence-electron chi connectivity index (χ0n) is 19.2. The molecular formula is C25H35FO6. The smallest absolute Gasteiger partial charge is 0.193 e. The van der Waals surface area contributed by atoms with Crippen LogP contribution in [0.15, 0.2) is 11.6 Å². The quantitative estimate of drug-likeness (QED) is 0.684. The fourth-order valence-corrected chi connectivity index (χ4v) is 8.49. The number of fused-ring (bicyclic) bond motifs is 7. The van der Waals surface area contributed by atoms with Crippen molar-refractivity contribution < 1.29 is 33.7 Å². The first-order valence-corrected chi connectivity index (χ1v) is 12.2. The van der Waals surface area contributed by atoms with Crippen LogP contribution < -0.4 is 0 Å². The molecule has 1 unspecified atom stereocenters. The number of ether oxygens (including phenoxy) is 2. The normalized spacial score (nSPS) is 52.0. The maximum atomic E-state index is 15.5. The van der Waals surface area contributed by atoms with E-state index in [4.69, 9.17) is 9.47 Å². The molecule has 2 N–H and O–H groups in total. The molecule has 0 bridgehead atoms. The van der Waals surface area contributed by atoms with Crippen molar-refractivity contribution in [3.63, 3.8) is 0 Å². The Morgan fingerprint density at radius 3 is 2.75 bits per heavy atom. The predicted molar refractivity (Wildman–Crippen MR) is 113 cm³/mol. The molecular weight excluding hydrogens is 415 g/mol. The Hall–Kier alpha value is -1.15. The van der Waals surface area contributed by atoms with E-state index in [1.54, 1.807) is 0 Å². The molecule has 4 aliphatic carbocycles. The van der Waals surface area contributed by atoms with Gasteiger partial charge in [0.1, 0.15) is 12.8 Å². The van der Waals surface area contributed by atoms with Crippen molar-refractivity contribution in [1.82, 2.24) is 0 Å². The predicted octanol–water partition coefficient (Wildman–Crippen LogP) is 2.89. The molecule has 1 saturated heterocycles. The summed E-state index contributed by atoms with van der Waals surface area (Å²) >= 11 is 0. The zero-order chi connectivity index (χ0) is 23.1. The van der Waals surface area contributed by atoms with E-state index in [1.807, 2.05) is 20.8 Å². The van der Waals surface area contributed by atoms with Crippen LogP contribution in [-0.4, -0.2) is 58.7 Å². The molecule has 0 amide bonds. The van der Waals surface area contributed by atoms with Gasteiger partial charge in [-0.05, 0) is 66.9 Å². The molecule has 0 aromatic carbocycles. The number of rotatable bonds is 4. The van der Waals surface area contributed by atoms with Crippen LogP contribution in [0.1, 0.15) is 65.7 Å². The van der Waals surface area contributed by atoms with Crippen LogP contribution in [-0.2, 0) is 19.1 Å². The highest BCUT2D eigenvalue weighted by atomic mass is 19.1. The number of aliphatic hydroxyl groups is 2. The van der Waals surface area contributed by atoms with E-state index in [0.717, 1.165) is 6.42 Å². The second kappa shape index (κ2) is 7.42. The van der Waals surface area contributed by atoms with Gasteiger partial charge in [0, 0.05) is 11.8 Å². The molecule has 4 fully saturated rings. The van der Waals surface area contributed by atoms with Gasteiger partial charge in [-0.2, -0.15) is 0 Å². The van der Waals surface area contributed by atoms with Gasteiger partial charge in [-0.1, -0.05) is 27.2 Å². The van der Waals surface area contributed by atoms with Crippen molar-refractivity contribution in [2.24, 2.45) is 28.6 Å². The standard InChI is InChI=1S/C25H35FO6/c1-4-5-21-31-20-10-15-14-9-17(26)16-8-13(28)6-7-23(16,2)22(14)18(29)11-24(15,3)25(20,32-21)19(30)12-27/h8,14-15,17-18,20-22,27,29H,4-7,9-12H2,1-3H3/t14-,15-,17-,18+,20+,21?,22+,23-,24-,25-/m0/s1. The van der Waals surface area contributed by atoms with Gasteiger partial charge in [0.15, 0.2) is 23.5 Å². The van der Waals surface area contributed by atoms with E-state index in [2.05, 4.69) is 0 Å². The van der Waals surface area contributed by atoms with E-state index in [-0.39, 0.29) is 30.0 Å². The topological polar surface area (TPSA) is 93.1 Å². The Balaban J connectivity index is 1.57. The van der Waals surface area contributed by atoms with Crippen LogP contribution in [0.4, 0.5) is 4.39 Å². The lowest BCUT2D eigenvalue weighted by atomic mass is 9.45. The lowest BCUT2D eigenvalue weighted by Gasteiger charge is -2.61. The first kappa shape index (κ1) is 22.6. The largest absolute Gasteiger partial charge is 0.393 e. The molecule has 0 radical (unpaired) electrons. The molecule has 3 saturated carbocycles. The van der Waals surface area contributed by atoms with Crippen LogP contribution in [0.5, 0.6) is 0 Å². The summed E-state index contributed by atoms with van der Waals surface area (Å²) < 4.78 is 28.1. The summed E-state index contributed by atoms with van der Waals surface area (Å²) in [7, 11) is 0. The SMILES string of the molecule is CCCC1O[C@@H]2C[C@H]3[C@@H]4C[C@H](F)C5=CC(=O)CC[C@]5(C)[C@H]4[C@H](O)C[C@]3(C)[C@@]2(C(=O)CO)O1. The van der Waals surface area contributed by atoms with Crippen LogP contribution >= 0.6 is 0 Å². The minimum atomic E-state index is -1.32. The maximum absolute atomic E-state index is 15.5. The molecule has 1 heterocycles. The molecule has 10 atom stereocenters. The third kappa shape index (κ3) is 2.71. The Morgan fingerprint density at radius 1 is 1.31 bits per heavy atom. The van der Waals surface area contributed by atoms with E-state index >= 15 is 4.39 Å². The van der Waals surface area contributed by atoms with Crippen molar-refractivity contribution in [3.05, 3.63) is 11.6 Å². The van der Waals surface area contributed by atoms with Gasteiger partial charge >= 0.3 is 0 Å². The fraction of sp³-hybridized carbons (Fsp3) is 0.840. The summed E-state index contributed by atoms with van der Waals surface area (Å²) in [6, 6.07) is 0. The Morgan fingerprint density at radius 2 is 2.06 bits per heavy atom. The summed E-state index contributed by atoms with van der Waals surface area (Å²) in [6.07, 6.45) is 1.97. The molecule has 32 heavy (non-hydrogen) atoms. The number of halogens is 1. The number of carbonyl (C=O) groups excluding carboxylic acids is 2. The lowest BCUT2D eigenvalue weighted by molar-refractivity contribution is -0.205. The molecule has 0 aromatic rings. The van der Waals surface area contributed by atoms with Crippen molar-refractivity contribution >= 4 is 11.6 Å². The van der Waals surface area contributed by atoms with E-state index in [0.29, 0.717) is 37.7 Å². The van der Waals surface area contributed by atoms with E-state index in [1.165, 1.54) is 6.08 Å². The van der Waals surface area contributed by atoms with Crippen LogP contribution in [0.3, 0.4) is 0 Å². The summed E-state index contributed by atoms with van der Waals surface area (Å²) in [5.41, 5.74) is -2.12. The van der Waals surface area contributed by atoms with Crippen LogP contribution in [0, 0.1) is 28.6 Å². The van der Waals surface area contributed by atoms with Gasteiger partial charge in [0.2, 0.25) is 0 Å². The number of aliphatic hydroxyl groups excluding tert-OH is 2. The third-order valence-corrected chi connectivity index (χ3v) is 9.75. The number of allylic oxidation sites excluding steroid dienone is 1. The van der Waals surface area contributed by atoms with Gasteiger partial charge < -0.3 is 19.7 Å². The van der Waals surface area contributed by atoms with Crippen molar-refractivity contribution in [1.29, 1.82) is 0 Å². The number of hydrogen-bond donors (Lipinski definition) is 2. The highest BCUT2D eigenvalue weighted by Gasteiger charge is 2.76. The number of Topliss-reactive ketones (excluding diaryl/α,β-unsaturated/α-hetero) is 1. The van der Waals surface area contributed by atoms with E-state index < -0.39 is 53.5 Å². The summed E-state index contributed by atoms with van der Waals surface area (Å²) in [4.78, 5) is 25.3. The number of ketones is 2. The van der Waals surface area contributed by atoms with Crippen LogP contribution in [0.25, 0.3) is 0 Å². The maximum Gasteiger partial charge on any atom is 0.193 e. The molecule has 5 aliphatic rings. The highest BCUT2D eigenvalue weighted by Crippen LogP contribution is 2.70. The van der Waals surface area contributed by atoms with Gasteiger partial charge in [0.25, 0.3) is 0 Å². The second-order valence-corrected chi connectivity index (χ2v) is 11.2. The third-order valence-electron chi connectivity index (χ3n) is 9.75. The first-order chi connectivity index (χ1) is 15.1. The zero-order valence-corrected chi connectivity index (χ0v) is 19.2. The van der Waals surface area contributed by atoms with Crippen molar-refractivity contribution in [2.75, 3.05) is 6.61 Å². The summed E-state index contributed by atoms with van der Waals surface area (Å²) in [5, 5.41) is 21.4. The Labute approximate surface area is 188 Å². The average molecular weight is 451 g/mol. The molecule has 178 valence electrons. The van der Waals surface area contributed by atoms with Gasteiger partial charge in [0.05, 0.1) is 12.2 Å². The highest BCUT2D eigenvalue weighted by molar-refractivity contribution is 5.92. The number of alkyl halides is 1. The van der Waals surface area contributed by atoms with Crippen molar-refractivity contribution in [2.45, 2.75) is 96.0 Å². The number of carbonyl (C=O) groups is 2. The Kier molecular flexibility index (Phi) is 5.25. The lowest BCUT2D eigenvalue weighted by Crippen LogP contribution is -2.64. The summed E-state index contributed by atoms with van der Waals surface area (Å²) in [5.74, 6) is -0.855. The van der Waals surface area contributed by atoms with Gasteiger partial charge in [-0.15, -0.1) is 0 Å². The van der Waals surface area contributed by atoms with Crippen LogP contribution in [0.2, 0.25) is 0 Å². The summed E-state index contributed by atoms with van der Waals surface area (Å²) in [6.45, 7) is 5.33. The molecule has 0 spiro atoms. The first-order valence-electron chi connectivity index (χ1n) is 12.2. The number of hydrogen-bond acceptors (Lipinski definition) is 6. The molecule has 7 heteroatoms. The van der Waals surface area contributed by atoms with E-state index in [9.17, 15) is 19.8 Å². The molecule has 6 nitrogen and oxygen atoms in total. The minimum absolute atomic E-state index is 0.0413. The van der Waals surface area contributed by atoms with Gasteiger partial charge in [-0.3, -0.25) is 9.59 Å². The fourth-order valence-electron chi connectivity index (χ4n) is 8.49. The monoisotopic (exact) mass is 450 g/mol.